The molecule has 2 heterocycles. The quantitative estimate of drug-likeness (QED) is 0.666. The van der Waals surface area contributed by atoms with Crippen molar-refractivity contribution in [2.24, 2.45) is 7.05 Å². The molecule has 1 saturated carbocycles. The minimum Gasteiger partial charge on any atom is -0.454 e. The lowest BCUT2D eigenvalue weighted by atomic mass is 10.1. The van der Waals surface area contributed by atoms with Gasteiger partial charge in [0.15, 0.2) is 17.2 Å². The molecule has 0 saturated heterocycles. The molecule has 3 aromatic rings. The molecule has 5 rings (SSSR count). The van der Waals surface area contributed by atoms with Crippen molar-refractivity contribution in [1.29, 1.82) is 0 Å². The van der Waals surface area contributed by atoms with Crippen molar-refractivity contribution < 1.29 is 14.3 Å². The van der Waals surface area contributed by atoms with Crippen LogP contribution in [0.25, 0.3) is 10.8 Å². The molecule has 154 valence electrons. The van der Waals surface area contributed by atoms with Gasteiger partial charge in [0, 0.05) is 25.0 Å². The smallest absolute Gasteiger partial charge is 0.275 e. The van der Waals surface area contributed by atoms with Gasteiger partial charge in [-0.2, -0.15) is 5.10 Å². The fourth-order valence-electron chi connectivity index (χ4n) is 4.41. The lowest BCUT2D eigenvalue weighted by molar-refractivity contribution is 0.0658. The van der Waals surface area contributed by atoms with Crippen LogP contribution in [0, 0.1) is 0 Å². The third-order valence-electron chi connectivity index (χ3n) is 5.98. The first kappa shape index (κ1) is 18.7. The average Bonchev–Trinajstić information content (AvgIpc) is 3.46. The largest absolute Gasteiger partial charge is 0.454 e. The van der Waals surface area contributed by atoms with Crippen molar-refractivity contribution >= 4 is 16.7 Å². The van der Waals surface area contributed by atoms with Crippen LogP contribution >= 0.6 is 0 Å². The molecule has 0 spiro atoms. The highest BCUT2D eigenvalue weighted by Gasteiger charge is 2.30. The summed E-state index contributed by atoms with van der Waals surface area (Å²) >= 11 is 0. The van der Waals surface area contributed by atoms with E-state index < -0.39 is 0 Å². The first-order valence-corrected chi connectivity index (χ1v) is 10.3. The standard InChI is InChI=1S/C23H23N3O4/c1-25-22(27)18-9-5-4-8-17(18)21(24-25)23(28)26(16-6-2-3-7-16)13-15-10-11-19-20(12-15)30-14-29-19/h4-5,8-12,16H,2-3,6-7,13-14H2,1H3. The van der Waals surface area contributed by atoms with Crippen molar-refractivity contribution in [2.45, 2.75) is 38.3 Å². The number of hydrogen-bond donors (Lipinski definition) is 0. The minimum absolute atomic E-state index is 0.147. The number of fused-ring (bicyclic) bond motifs is 2. The van der Waals surface area contributed by atoms with E-state index in [9.17, 15) is 9.59 Å². The van der Waals surface area contributed by atoms with E-state index in [1.807, 2.05) is 29.2 Å². The maximum atomic E-state index is 13.7. The molecule has 1 fully saturated rings. The number of aryl methyl sites for hydroxylation is 1. The van der Waals surface area contributed by atoms with Crippen molar-refractivity contribution in [3.63, 3.8) is 0 Å². The molecule has 2 aromatic carbocycles. The lowest BCUT2D eigenvalue weighted by Gasteiger charge is -2.29. The van der Waals surface area contributed by atoms with Gasteiger partial charge in [-0.25, -0.2) is 4.68 Å². The Labute approximate surface area is 173 Å². The number of rotatable bonds is 4. The molecule has 0 unspecified atom stereocenters. The summed E-state index contributed by atoms with van der Waals surface area (Å²) in [5.74, 6) is 1.28. The molecular formula is C23H23N3O4. The predicted molar refractivity (Wildman–Crippen MR) is 112 cm³/mol. The number of amides is 1. The first-order chi connectivity index (χ1) is 14.6. The predicted octanol–water partition coefficient (Wildman–Crippen LogP) is 3.25. The van der Waals surface area contributed by atoms with Gasteiger partial charge in [-0.1, -0.05) is 37.1 Å². The second-order valence-corrected chi connectivity index (χ2v) is 7.88. The Morgan fingerprint density at radius 1 is 1.10 bits per heavy atom. The van der Waals surface area contributed by atoms with Crippen molar-refractivity contribution in [2.75, 3.05) is 6.79 Å². The monoisotopic (exact) mass is 405 g/mol. The van der Waals surface area contributed by atoms with Gasteiger partial charge in [0.05, 0.1) is 5.39 Å². The molecular weight excluding hydrogens is 382 g/mol. The molecule has 1 amide bonds. The SMILES string of the molecule is Cn1nc(C(=O)N(Cc2ccc3c(c2)OCO3)C2CCCC2)c2ccccc2c1=O. The fraction of sp³-hybridized carbons (Fsp3) is 0.348. The Morgan fingerprint density at radius 3 is 2.63 bits per heavy atom. The van der Waals surface area contributed by atoms with Gasteiger partial charge >= 0.3 is 0 Å². The van der Waals surface area contributed by atoms with Crippen LogP contribution in [-0.4, -0.2) is 33.4 Å². The number of benzene rings is 2. The molecule has 7 nitrogen and oxygen atoms in total. The Kier molecular flexibility index (Phi) is 4.65. The summed E-state index contributed by atoms with van der Waals surface area (Å²) in [6.45, 7) is 0.678. The molecule has 0 atom stereocenters. The number of aromatic nitrogens is 2. The van der Waals surface area contributed by atoms with E-state index in [0.29, 0.717) is 28.8 Å². The number of carbonyl (C=O) groups is 1. The minimum atomic E-state index is -0.203. The third-order valence-corrected chi connectivity index (χ3v) is 5.98. The molecule has 0 N–H and O–H groups in total. The van der Waals surface area contributed by atoms with E-state index in [2.05, 4.69) is 5.10 Å². The van der Waals surface area contributed by atoms with Crippen LogP contribution in [0.2, 0.25) is 0 Å². The second kappa shape index (κ2) is 7.48. The highest BCUT2D eigenvalue weighted by molar-refractivity contribution is 6.04. The van der Waals surface area contributed by atoms with Gasteiger partial charge in [0.1, 0.15) is 0 Å². The average molecular weight is 405 g/mol. The van der Waals surface area contributed by atoms with Crippen LogP contribution in [0.1, 0.15) is 41.7 Å². The van der Waals surface area contributed by atoms with Crippen molar-refractivity contribution in [3.05, 3.63) is 64.1 Å². The van der Waals surface area contributed by atoms with Gasteiger partial charge in [-0.3, -0.25) is 9.59 Å². The number of carbonyl (C=O) groups excluding carboxylic acids is 1. The van der Waals surface area contributed by atoms with Gasteiger partial charge < -0.3 is 14.4 Å². The molecule has 1 aliphatic carbocycles. The van der Waals surface area contributed by atoms with Crippen LogP contribution in [0.3, 0.4) is 0 Å². The Balaban J connectivity index is 1.55. The van der Waals surface area contributed by atoms with E-state index in [4.69, 9.17) is 9.47 Å². The van der Waals surface area contributed by atoms with E-state index in [-0.39, 0.29) is 24.3 Å². The van der Waals surface area contributed by atoms with E-state index in [1.165, 1.54) is 4.68 Å². The van der Waals surface area contributed by atoms with Crippen LogP contribution in [0.5, 0.6) is 11.5 Å². The van der Waals surface area contributed by atoms with Gasteiger partial charge in [0.2, 0.25) is 6.79 Å². The molecule has 0 bridgehead atoms. The summed E-state index contributed by atoms with van der Waals surface area (Å²) < 4.78 is 12.2. The third kappa shape index (κ3) is 3.20. The maximum Gasteiger partial charge on any atom is 0.275 e. The molecule has 1 aliphatic heterocycles. The van der Waals surface area contributed by atoms with Crippen molar-refractivity contribution in [1.82, 2.24) is 14.7 Å². The fourth-order valence-corrected chi connectivity index (χ4v) is 4.41. The summed E-state index contributed by atoms with van der Waals surface area (Å²) in [6.07, 6.45) is 4.16. The molecule has 1 aromatic heterocycles. The highest BCUT2D eigenvalue weighted by Crippen LogP contribution is 2.34. The Hall–Kier alpha value is -3.35. The number of nitrogens with zero attached hydrogens (tertiary/aromatic N) is 3. The molecule has 30 heavy (non-hydrogen) atoms. The molecule has 7 heteroatoms. The van der Waals surface area contributed by atoms with Gasteiger partial charge in [-0.05, 0) is 36.6 Å². The van der Waals surface area contributed by atoms with Gasteiger partial charge in [0.25, 0.3) is 11.5 Å². The lowest BCUT2D eigenvalue weighted by Crippen LogP contribution is -2.39. The zero-order chi connectivity index (χ0) is 20.7. The van der Waals surface area contributed by atoms with Crippen LogP contribution in [-0.2, 0) is 13.6 Å². The summed E-state index contributed by atoms with van der Waals surface area (Å²) in [5, 5.41) is 5.46. The van der Waals surface area contributed by atoms with E-state index in [0.717, 1.165) is 37.0 Å². The number of ether oxygens (including phenoxy) is 2. The zero-order valence-electron chi connectivity index (χ0n) is 16.8. The summed E-state index contributed by atoms with van der Waals surface area (Å²) in [4.78, 5) is 28.1. The van der Waals surface area contributed by atoms with E-state index in [1.54, 1.807) is 25.2 Å². The Bertz CT molecular complexity index is 1180. The maximum absolute atomic E-state index is 13.7. The second-order valence-electron chi connectivity index (χ2n) is 7.88. The van der Waals surface area contributed by atoms with Crippen LogP contribution < -0.4 is 15.0 Å². The van der Waals surface area contributed by atoms with Gasteiger partial charge in [-0.15, -0.1) is 0 Å². The highest BCUT2D eigenvalue weighted by atomic mass is 16.7. The first-order valence-electron chi connectivity index (χ1n) is 10.3. The summed E-state index contributed by atoms with van der Waals surface area (Å²) in [5.41, 5.74) is 1.10. The zero-order valence-corrected chi connectivity index (χ0v) is 16.8. The summed E-state index contributed by atoms with van der Waals surface area (Å²) in [7, 11) is 1.59. The topological polar surface area (TPSA) is 73.7 Å². The molecule has 2 aliphatic rings. The number of hydrogen-bond acceptors (Lipinski definition) is 5. The summed E-state index contributed by atoms with van der Waals surface area (Å²) in [6, 6.07) is 13.1. The van der Waals surface area contributed by atoms with Crippen molar-refractivity contribution in [3.8, 4) is 11.5 Å². The normalized spacial score (nSPS) is 15.6. The molecule has 0 radical (unpaired) electrons. The van der Waals surface area contributed by atoms with E-state index >= 15 is 0 Å². The van der Waals surface area contributed by atoms with Crippen LogP contribution in [0.4, 0.5) is 0 Å². The Morgan fingerprint density at radius 2 is 1.83 bits per heavy atom. The van der Waals surface area contributed by atoms with Crippen LogP contribution in [0.15, 0.2) is 47.3 Å².